The standard InChI is InChI=1S/C20H14N2O4/c1-22-16-10-6-5-9-13(16)17-14(19(22)24)11-15(20(25)26-17)21-18(23)12-7-3-2-4-8-12/h2-11H,1H3,(H,21,23). The van der Waals surface area contributed by atoms with Crippen LogP contribution in [0.3, 0.4) is 0 Å². The Balaban J connectivity index is 1.91. The monoisotopic (exact) mass is 346 g/mol. The Morgan fingerprint density at radius 3 is 2.42 bits per heavy atom. The molecule has 26 heavy (non-hydrogen) atoms. The van der Waals surface area contributed by atoms with E-state index >= 15 is 0 Å². The molecule has 0 fully saturated rings. The minimum absolute atomic E-state index is 0.0706. The van der Waals surface area contributed by atoms with Crippen molar-refractivity contribution in [2.45, 2.75) is 0 Å². The van der Waals surface area contributed by atoms with Gasteiger partial charge in [-0.1, -0.05) is 30.3 Å². The van der Waals surface area contributed by atoms with Gasteiger partial charge in [-0.2, -0.15) is 0 Å². The Labute approximate surface area is 147 Å². The van der Waals surface area contributed by atoms with Gasteiger partial charge in [0.25, 0.3) is 11.5 Å². The lowest BCUT2D eigenvalue weighted by molar-refractivity contribution is 0.102. The first kappa shape index (κ1) is 15.8. The van der Waals surface area contributed by atoms with E-state index in [9.17, 15) is 14.4 Å². The first-order valence-electron chi connectivity index (χ1n) is 7.98. The van der Waals surface area contributed by atoms with E-state index < -0.39 is 11.5 Å². The number of nitrogens with one attached hydrogen (secondary N) is 1. The van der Waals surface area contributed by atoms with Crippen molar-refractivity contribution in [1.29, 1.82) is 0 Å². The Kier molecular flexibility index (Phi) is 3.65. The number of benzene rings is 2. The predicted octanol–water partition coefficient (Wildman–Crippen LogP) is 2.90. The largest absolute Gasteiger partial charge is 0.420 e. The van der Waals surface area contributed by atoms with Crippen molar-refractivity contribution in [3.05, 3.63) is 87.0 Å². The van der Waals surface area contributed by atoms with Gasteiger partial charge in [0.1, 0.15) is 5.69 Å². The maximum Gasteiger partial charge on any atom is 0.360 e. The molecule has 2 aromatic heterocycles. The van der Waals surface area contributed by atoms with Crippen molar-refractivity contribution in [1.82, 2.24) is 4.57 Å². The fourth-order valence-electron chi connectivity index (χ4n) is 2.95. The van der Waals surface area contributed by atoms with E-state index in [1.807, 2.05) is 0 Å². The molecular weight excluding hydrogens is 332 g/mol. The molecule has 0 bridgehead atoms. The molecule has 4 aromatic rings. The van der Waals surface area contributed by atoms with E-state index in [4.69, 9.17) is 4.42 Å². The van der Waals surface area contributed by atoms with E-state index in [1.54, 1.807) is 61.6 Å². The summed E-state index contributed by atoms with van der Waals surface area (Å²) in [5.41, 5.74) is 0.190. The van der Waals surface area contributed by atoms with Crippen molar-refractivity contribution in [2.75, 3.05) is 5.32 Å². The van der Waals surface area contributed by atoms with Crippen LogP contribution in [0.1, 0.15) is 10.4 Å². The summed E-state index contributed by atoms with van der Waals surface area (Å²) in [5, 5.41) is 3.41. The van der Waals surface area contributed by atoms with Crippen LogP contribution in [-0.2, 0) is 7.05 Å². The van der Waals surface area contributed by atoms with Crippen LogP contribution in [0.25, 0.3) is 21.9 Å². The smallest absolute Gasteiger partial charge is 0.360 e. The third-order valence-electron chi connectivity index (χ3n) is 4.28. The zero-order chi connectivity index (χ0) is 18.3. The minimum atomic E-state index is -0.708. The van der Waals surface area contributed by atoms with E-state index in [1.165, 1.54) is 10.6 Å². The Morgan fingerprint density at radius 2 is 1.65 bits per heavy atom. The second-order valence-electron chi connectivity index (χ2n) is 5.89. The molecule has 128 valence electrons. The number of hydrogen-bond acceptors (Lipinski definition) is 4. The van der Waals surface area contributed by atoms with Gasteiger partial charge in [-0.3, -0.25) is 9.59 Å². The van der Waals surface area contributed by atoms with Crippen molar-refractivity contribution in [2.24, 2.45) is 7.05 Å². The summed E-state index contributed by atoms with van der Waals surface area (Å²) in [5.74, 6) is -0.449. The highest BCUT2D eigenvalue weighted by Crippen LogP contribution is 2.22. The van der Waals surface area contributed by atoms with Crippen molar-refractivity contribution >= 4 is 33.5 Å². The number of anilines is 1. The molecule has 0 unspecified atom stereocenters. The number of para-hydroxylation sites is 1. The molecule has 0 saturated heterocycles. The quantitative estimate of drug-likeness (QED) is 0.566. The summed E-state index contributed by atoms with van der Waals surface area (Å²) in [6, 6.07) is 17.0. The Hall–Kier alpha value is -3.67. The summed E-state index contributed by atoms with van der Waals surface area (Å²) in [7, 11) is 1.65. The maximum absolute atomic E-state index is 12.6. The number of amides is 1. The molecule has 0 aliphatic carbocycles. The number of carbonyl (C=O) groups excluding carboxylic acids is 1. The summed E-state index contributed by atoms with van der Waals surface area (Å²) in [4.78, 5) is 37.3. The lowest BCUT2D eigenvalue weighted by Gasteiger charge is -2.09. The number of aryl methyl sites for hydroxylation is 1. The Morgan fingerprint density at radius 1 is 0.962 bits per heavy atom. The molecule has 2 aromatic carbocycles. The normalized spacial score (nSPS) is 11.0. The van der Waals surface area contributed by atoms with Crippen molar-refractivity contribution in [3.63, 3.8) is 0 Å². The topological polar surface area (TPSA) is 81.3 Å². The highest BCUT2D eigenvalue weighted by atomic mass is 16.4. The van der Waals surface area contributed by atoms with Gasteiger partial charge >= 0.3 is 5.63 Å². The number of hydrogen-bond donors (Lipinski definition) is 1. The third-order valence-corrected chi connectivity index (χ3v) is 4.28. The number of rotatable bonds is 2. The summed E-state index contributed by atoms with van der Waals surface area (Å²) < 4.78 is 6.88. The first-order chi connectivity index (χ1) is 12.6. The van der Waals surface area contributed by atoms with Gasteiger partial charge in [-0.05, 0) is 30.3 Å². The van der Waals surface area contributed by atoms with Gasteiger partial charge in [0.05, 0.1) is 10.9 Å². The number of fused-ring (bicyclic) bond motifs is 3. The van der Waals surface area contributed by atoms with Crippen LogP contribution in [-0.4, -0.2) is 10.5 Å². The van der Waals surface area contributed by atoms with Crippen LogP contribution in [0, 0.1) is 0 Å². The molecule has 0 spiro atoms. The van der Waals surface area contributed by atoms with Crippen molar-refractivity contribution in [3.8, 4) is 0 Å². The van der Waals surface area contributed by atoms with Gasteiger partial charge in [-0.15, -0.1) is 0 Å². The van der Waals surface area contributed by atoms with Crippen LogP contribution in [0.5, 0.6) is 0 Å². The van der Waals surface area contributed by atoms with E-state index in [0.29, 0.717) is 16.5 Å². The van der Waals surface area contributed by atoms with Crippen LogP contribution in [0.4, 0.5) is 5.69 Å². The van der Waals surface area contributed by atoms with E-state index in [2.05, 4.69) is 5.32 Å². The predicted molar refractivity (Wildman–Crippen MR) is 99.6 cm³/mol. The molecule has 6 nitrogen and oxygen atoms in total. The summed E-state index contributed by atoms with van der Waals surface area (Å²) >= 11 is 0. The Bertz CT molecular complexity index is 1270. The van der Waals surface area contributed by atoms with Gasteiger partial charge in [0.15, 0.2) is 5.58 Å². The molecule has 0 saturated carbocycles. The van der Waals surface area contributed by atoms with Crippen LogP contribution < -0.4 is 16.5 Å². The number of carbonyl (C=O) groups is 1. The van der Waals surface area contributed by atoms with E-state index in [-0.39, 0.29) is 22.2 Å². The lowest BCUT2D eigenvalue weighted by atomic mass is 10.1. The first-order valence-corrected chi connectivity index (χ1v) is 7.98. The van der Waals surface area contributed by atoms with Crippen LogP contribution in [0.15, 0.2) is 74.7 Å². The van der Waals surface area contributed by atoms with Crippen LogP contribution in [0.2, 0.25) is 0 Å². The number of nitrogens with zero attached hydrogens (tertiary/aromatic N) is 1. The molecule has 4 rings (SSSR count). The molecule has 6 heteroatoms. The average Bonchev–Trinajstić information content (AvgIpc) is 2.68. The lowest BCUT2D eigenvalue weighted by Crippen LogP contribution is -2.21. The highest BCUT2D eigenvalue weighted by molar-refractivity contribution is 6.06. The van der Waals surface area contributed by atoms with Gasteiger partial charge in [-0.25, -0.2) is 4.79 Å². The number of pyridine rings is 1. The van der Waals surface area contributed by atoms with Gasteiger partial charge in [0, 0.05) is 18.0 Å². The number of aromatic nitrogens is 1. The molecule has 2 heterocycles. The molecule has 0 radical (unpaired) electrons. The third kappa shape index (κ3) is 2.48. The fraction of sp³-hybridized carbons (Fsp3) is 0.0500. The molecule has 0 atom stereocenters. The van der Waals surface area contributed by atoms with Gasteiger partial charge < -0.3 is 14.3 Å². The summed E-state index contributed by atoms with van der Waals surface area (Å²) in [6.07, 6.45) is 0. The van der Waals surface area contributed by atoms with E-state index in [0.717, 1.165) is 0 Å². The molecule has 1 amide bonds. The molecule has 0 aliphatic heterocycles. The maximum atomic E-state index is 12.6. The SMILES string of the molecule is Cn1c(=O)c2cc(NC(=O)c3ccccc3)c(=O)oc2c2ccccc21. The van der Waals surface area contributed by atoms with Crippen molar-refractivity contribution < 1.29 is 9.21 Å². The molecule has 1 N–H and O–H groups in total. The summed E-state index contributed by atoms with van der Waals surface area (Å²) in [6.45, 7) is 0. The minimum Gasteiger partial charge on any atom is -0.420 e. The zero-order valence-corrected chi connectivity index (χ0v) is 13.9. The second kappa shape index (κ2) is 6.00. The van der Waals surface area contributed by atoms with Crippen LogP contribution >= 0.6 is 0 Å². The second-order valence-corrected chi connectivity index (χ2v) is 5.89. The average molecular weight is 346 g/mol. The zero-order valence-electron chi connectivity index (χ0n) is 13.9. The highest BCUT2D eigenvalue weighted by Gasteiger charge is 2.15. The molecular formula is C20H14N2O4. The fourth-order valence-corrected chi connectivity index (χ4v) is 2.95. The van der Waals surface area contributed by atoms with Gasteiger partial charge in [0.2, 0.25) is 0 Å². The molecule has 0 aliphatic rings.